The van der Waals surface area contributed by atoms with E-state index in [1.165, 1.54) is 0 Å². The van der Waals surface area contributed by atoms with Gasteiger partial charge >= 0.3 is 0 Å². The molecule has 88 valence electrons. The topological polar surface area (TPSA) is 55.8 Å². The Morgan fingerprint density at radius 3 is 2.31 bits per heavy atom. The van der Waals surface area contributed by atoms with Crippen molar-refractivity contribution in [1.82, 2.24) is 0 Å². The normalized spacial score (nSPS) is 34.8. The smallest absolute Gasteiger partial charge is 0.220 e. The van der Waals surface area contributed by atoms with E-state index in [0.717, 1.165) is 5.30 Å². The zero-order valence-corrected chi connectivity index (χ0v) is 11.1. The van der Waals surface area contributed by atoms with Gasteiger partial charge in [-0.25, -0.2) is 0 Å². The Hall–Kier alpha value is -0.0200. The first-order chi connectivity index (χ1) is 7.58. The standard InChI is InChI=1S/C9H12O4P2S/c10-6-14(11)7-12-15(16,13-8-14)9-4-2-1-3-5-9/h1-5,10H,6-8H2. The highest BCUT2D eigenvalue weighted by molar-refractivity contribution is 8.13. The van der Waals surface area contributed by atoms with Crippen LogP contribution >= 0.6 is 13.6 Å². The highest BCUT2D eigenvalue weighted by Crippen LogP contribution is 2.61. The number of aliphatic hydroxyl groups is 1. The van der Waals surface area contributed by atoms with Crippen molar-refractivity contribution in [3.8, 4) is 0 Å². The first kappa shape index (κ1) is 12.4. The van der Waals surface area contributed by atoms with Crippen molar-refractivity contribution in [2.75, 3.05) is 19.0 Å². The maximum absolute atomic E-state index is 11.8. The van der Waals surface area contributed by atoms with Gasteiger partial charge in [0.25, 0.3) is 0 Å². The fourth-order valence-corrected chi connectivity index (χ4v) is 6.54. The molecule has 0 unspecified atom stereocenters. The molecule has 1 fully saturated rings. The van der Waals surface area contributed by atoms with Crippen LogP contribution in [-0.2, 0) is 25.4 Å². The Kier molecular flexibility index (Phi) is 3.65. The SMILES string of the molecule is O=P1(CO)COP(=S)(c2ccccc2)OC1. The summed E-state index contributed by atoms with van der Waals surface area (Å²) in [6, 6.07) is 9.28. The molecule has 0 aromatic heterocycles. The van der Waals surface area contributed by atoms with E-state index in [1.54, 1.807) is 0 Å². The van der Waals surface area contributed by atoms with Crippen molar-refractivity contribution in [3.05, 3.63) is 30.3 Å². The van der Waals surface area contributed by atoms with Gasteiger partial charge in [0, 0.05) is 5.30 Å². The second kappa shape index (κ2) is 4.69. The highest BCUT2D eigenvalue weighted by atomic mass is 32.5. The lowest BCUT2D eigenvalue weighted by Gasteiger charge is -2.31. The number of rotatable bonds is 2. The highest BCUT2D eigenvalue weighted by Gasteiger charge is 2.36. The van der Waals surface area contributed by atoms with Crippen molar-refractivity contribution >= 4 is 30.7 Å². The second-order valence-electron chi connectivity index (χ2n) is 3.55. The molecule has 16 heavy (non-hydrogen) atoms. The molecule has 1 aromatic rings. The van der Waals surface area contributed by atoms with Gasteiger partial charge in [-0.15, -0.1) is 0 Å². The summed E-state index contributed by atoms with van der Waals surface area (Å²) in [6.45, 7) is -2.51. The molecule has 0 aliphatic carbocycles. The third-order valence-electron chi connectivity index (χ3n) is 2.26. The number of aliphatic hydroxyl groups excluding tert-OH is 1. The minimum Gasteiger partial charge on any atom is -0.388 e. The lowest BCUT2D eigenvalue weighted by Crippen LogP contribution is -2.18. The molecule has 1 saturated heterocycles. The average molecular weight is 278 g/mol. The van der Waals surface area contributed by atoms with Crippen LogP contribution in [0, 0.1) is 0 Å². The van der Waals surface area contributed by atoms with Crippen LogP contribution in [0.1, 0.15) is 0 Å². The molecule has 1 N–H and O–H groups in total. The molecule has 0 atom stereocenters. The van der Waals surface area contributed by atoms with Crippen LogP contribution < -0.4 is 5.30 Å². The fraction of sp³-hybridized carbons (Fsp3) is 0.333. The molecule has 0 amide bonds. The molecule has 1 aliphatic heterocycles. The Bertz CT molecular complexity index is 446. The molecular weight excluding hydrogens is 266 g/mol. The van der Waals surface area contributed by atoms with E-state index >= 15 is 0 Å². The van der Waals surface area contributed by atoms with E-state index < -0.39 is 20.0 Å². The van der Waals surface area contributed by atoms with E-state index in [4.69, 9.17) is 26.0 Å². The maximum Gasteiger partial charge on any atom is 0.220 e. The van der Waals surface area contributed by atoms with Gasteiger partial charge in [-0.05, 0) is 23.9 Å². The summed E-state index contributed by atoms with van der Waals surface area (Å²) in [7, 11) is -2.72. The van der Waals surface area contributed by atoms with Crippen LogP contribution in [0.3, 0.4) is 0 Å². The van der Waals surface area contributed by atoms with E-state index in [0.29, 0.717) is 0 Å². The number of benzene rings is 1. The largest absolute Gasteiger partial charge is 0.388 e. The van der Waals surface area contributed by atoms with Gasteiger partial charge in [0.2, 0.25) is 6.49 Å². The van der Waals surface area contributed by atoms with E-state index in [2.05, 4.69) is 0 Å². The molecule has 7 heteroatoms. The third kappa shape index (κ3) is 2.45. The van der Waals surface area contributed by atoms with Gasteiger partial charge in [-0.1, -0.05) is 18.2 Å². The molecule has 0 radical (unpaired) electrons. The van der Waals surface area contributed by atoms with E-state index in [1.807, 2.05) is 30.3 Å². The summed E-state index contributed by atoms with van der Waals surface area (Å²) in [5.74, 6) is 0. The van der Waals surface area contributed by atoms with Gasteiger partial charge < -0.3 is 18.7 Å². The number of hydrogen-bond acceptors (Lipinski definition) is 5. The first-order valence-electron chi connectivity index (χ1n) is 4.71. The molecule has 4 nitrogen and oxygen atoms in total. The third-order valence-corrected chi connectivity index (χ3v) is 7.51. The molecule has 1 heterocycles. The zero-order valence-electron chi connectivity index (χ0n) is 8.48. The van der Waals surface area contributed by atoms with Crippen molar-refractivity contribution in [2.45, 2.75) is 0 Å². The first-order valence-corrected chi connectivity index (χ1v) is 9.61. The lowest BCUT2D eigenvalue weighted by atomic mass is 10.4. The Morgan fingerprint density at radius 1 is 1.25 bits per heavy atom. The summed E-state index contributed by atoms with van der Waals surface area (Å²) in [5, 5.41) is 9.76. The summed E-state index contributed by atoms with van der Waals surface area (Å²) in [5.41, 5.74) is 0. The predicted octanol–water partition coefficient (Wildman–Crippen LogP) is 1.90. The van der Waals surface area contributed by atoms with Gasteiger partial charge in [0.15, 0.2) is 7.14 Å². The lowest BCUT2D eigenvalue weighted by molar-refractivity contribution is 0.265. The van der Waals surface area contributed by atoms with Crippen molar-refractivity contribution in [1.29, 1.82) is 0 Å². The molecule has 0 saturated carbocycles. The number of hydrogen-bond donors (Lipinski definition) is 1. The molecule has 2 rings (SSSR count). The fourth-order valence-electron chi connectivity index (χ4n) is 1.28. The zero-order chi connectivity index (χ0) is 11.6. The van der Waals surface area contributed by atoms with Crippen LogP contribution in [0.15, 0.2) is 30.3 Å². The van der Waals surface area contributed by atoms with Crippen molar-refractivity contribution in [3.63, 3.8) is 0 Å². The van der Waals surface area contributed by atoms with Crippen LogP contribution in [0.2, 0.25) is 0 Å². The van der Waals surface area contributed by atoms with Gasteiger partial charge in [-0.3, -0.25) is 0 Å². The van der Waals surface area contributed by atoms with Crippen LogP contribution in [0.4, 0.5) is 0 Å². The maximum atomic E-state index is 11.8. The molecule has 0 bridgehead atoms. The van der Waals surface area contributed by atoms with Crippen molar-refractivity contribution in [2.24, 2.45) is 0 Å². The predicted molar refractivity (Wildman–Crippen MR) is 67.0 cm³/mol. The summed E-state index contributed by atoms with van der Waals surface area (Å²) >= 11 is 5.33. The minimum atomic E-state index is -2.72. The monoisotopic (exact) mass is 278 g/mol. The molecule has 1 aliphatic rings. The summed E-state index contributed by atoms with van der Waals surface area (Å²) < 4.78 is 22.7. The van der Waals surface area contributed by atoms with Gasteiger partial charge in [0.1, 0.15) is 19.0 Å². The van der Waals surface area contributed by atoms with Crippen LogP contribution in [-0.4, -0.2) is 24.2 Å². The quantitative estimate of drug-likeness (QED) is 0.837. The molecular formula is C9H12O4P2S. The average Bonchev–Trinajstić information content (AvgIpc) is 2.35. The van der Waals surface area contributed by atoms with Gasteiger partial charge in [-0.2, -0.15) is 0 Å². The van der Waals surface area contributed by atoms with E-state index in [-0.39, 0.29) is 12.7 Å². The Labute approximate surface area is 99.1 Å². The van der Waals surface area contributed by atoms with Crippen molar-refractivity contribution < 1.29 is 18.7 Å². The van der Waals surface area contributed by atoms with Gasteiger partial charge in [0.05, 0.1) is 0 Å². The Morgan fingerprint density at radius 2 is 1.81 bits per heavy atom. The second-order valence-corrected chi connectivity index (χ2v) is 9.93. The molecule has 0 spiro atoms. The van der Waals surface area contributed by atoms with E-state index in [9.17, 15) is 4.57 Å². The van der Waals surface area contributed by atoms with Crippen LogP contribution in [0.25, 0.3) is 0 Å². The summed E-state index contributed by atoms with van der Waals surface area (Å²) in [6.07, 6.45) is -0.373. The minimum absolute atomic E-state index is 0.00960. The summed E-state index contributed by atoms with van der Waals surface area (Å²) in [4.78, 5) is 0. The van der Waals surface area contributed by atoms with Crippen LogP contribution in [0.5, 0.6) is 0 Å². The molecule has 1 aromatic carbocycles. The Balaban J connectivity index is 2.20.